The maximum absolute atomic E-state index is 12.7. The summed E-state index contributed by atoms with van der Waals surface area (Å²) in [6, 6.07) is 15.1. The molecular formula is C29H35N3O3S. The summed E-state index contributed by atoms with van der Waals surface area (Å²) in [5.74, 6) is -1.78. The van der Waals surface area contributed by atoms with Gasteiger partial charge >= 0.3 is 5.97 Å². The van der Waals surface area contributed by atoms with E-state index < -0.39 is 11.9 Å². The van der Waals surface area contributed by atoms with E-state index in [2.05, 4.69) is 17.2 Å². The molecule has 3 N–H and O–H groups in total. The van der Waals surface area contributed by atoms with Crippen LogP contribution in [0.15, 0.2) is 84.6 Å². The first kappa shape index (κ1) is 28.7. The zero-order chi connectivity index (χ0) is 26.7. The highest BCUT2D eigenvalue weighted by atomic mass is 32.1. The van der Waals surface area contributed by atoms with Gasteiger partial charge in [-0.2, -0.15) is 0 Å². The summed E-state index contributed by atoms with van der Waals surface area (Å²) in [4.78, 5) is 26.1. The Bertz CT molecular complexity index is 1130. The van der Waals surface area contributed by atoms with Crippen molar-refractivity contribution in [2.45, 2.75) is 26.7 Å². The Morgan fingerprint density at radius 1 is 1.03 bits per heavy atom. The first-order valence-corrected chi connectivity index (χ1v) is 12.2. The minimum absolute atomic E-state index is 0.00432. The van der Waals surface area contributed by atoms with Gasteiger partial charge in [0, 0.05) is 23.4 Å². The lowest BCUT2D eigenvalue weighted by Gasteiger charge is -2.15. The zero-order valence-electron chi connectivity index (χ0n) is 21.4. The summed E-state index contributed by atoms with van der Waals surface area (Å²) < 4.78 is 0. The summed E-state index contributed by atoms with van der Waals surface area (Å²) in [6.45, 7) is 8.26. The van der Waals surface area contributed by atoms with E-state index in [1.807, 2.05) is 81.4 Å². The van der Waals surface area contributed by atoms with Crippen LogP contribution in [0.1, 0.15) is 37.0 Å². The highest BCUT2D eigenvalue weighted by Crippen LogP contribution is 2.23. The third kappa shape index (κ3) is 9.60. The van der Waals surface area contributed by atoms with Gasteiger partial charge in [0.2, 0.25) is 0 Å². The number of carboxylic acids is 1. The molecule has 0 bridgehead atoms. The number of carbonyl (C=O) groups is 2. The van der Waals surface area contributed by atoms with Crippen LogP contribution >= 0.6 is 12.2 Å². The molecule has 2 aromatic carbocycles. The maximum Gasteiger partial charge on any atom is 0.307 e. The standard InChI is InChI=1S/C29H35N3O3S/c1-6-20(2)7-8-21(3)30-29(36)31-26-15-13-23(14-16-26)22-9-11-24(12-10-22)27(33)19-25(28(34)35)17-18-32(4)5/h6-16,25H,1,17-19H2,2-5H3,(H,34,35)(H2,30,31,36)/b20-7-,21-8+. The number of nitrogens with zero attached hydrogens (tertiary/aromatic N) is 1. The number of Topliss-reactive ketones (excluding diaryl/α,β-unsaturated/α-hetero) is 1. The van der Waals surface area contributed by atoms with E-state index in [4.69, 9.17) is 12.2 Å². The van der Waals surface area contributed by atoms with Gasteiger partial charge in [-0.05, 0) is 82.5 Å². The smallest absolute Gasteiger partial charge is 0.307 e. The molecule has 0 aliphatic heterocycles. The summed E-state index contributed by atoms with van der Waals surface area (Å²) in [6.07, 6.45) is 6.12. The molecule has 0 saturated heterocycles. The number of carboxylic acid groups (broad SMARTS) is 1. The fourth-order valence-corrected chi connectivity index (χ4v) is 3.65. The van der Waals surface area contributed by atoms with Crippen LogP contribution in [0.3, 0.4) is 0 Å². The Morgan fingerprint density at radius 2 is 1.61 bits per heavy atom. The molecule has 0 fully saturated rings. The zero-order valence-corrected chi connectivity index (χ0v) is 22.2. The second-order valence-corrected chi connectivity index (χ2v) is 9.36. The van der Waals surface area contributed by atoms with Crippen LogP contribution in [-0.2, 0) is 4.79 Å². The van der Waals surface area contributed by atoms with E-state index in [9.17, 15) is 14.7 Å². The van der Waals surface area contributed by atoms with Gasteiger partial charge in [0.15, 0.2) is 10.9 Å². The van der Waals surface area contributed by atoms with E-state index >= 15 is 0 Å². The average Bonchev–Trinajstić information content (AvgIpc) is 2.85. The van der Waals surface area contributed by atoms with Gasteiger partial charge in [-0.3, -0.25) is 9.59 Å². The average molecular weight is 506 g/mol. The van der Waals surface area contributed by atoms with Crippen molar-refractivity contribution in [1.29, 1.82) is 0 Å². The number of benzene rings is 2. The molecule has 36 heavy (non-hydrogen) atoms. The third-order valence-corrected chi connectivity index (χ3v) is 5.82. The van der Waals surface area contributed by atoms with Crippen LogP contribution in [0.2, 0.25) is 0 Å². The molecule has 0 saturated carbocycles. The number of hydrogen-bond donors (Lipinski definition) is 3. The highest BCUT2D eigenvalue weighted by molar-refractivity contribution is 7.80. The van der Waals surface area contributed by atoms with Gasteiger partial charge in [0.05, 0.1) is 5.92 Å². The summed E-state index contributed by atoms with van der Waals surface area (Å²) in [5.41, 5.74) is 5.30. The number of allylic oxidation sites excluding steroid dienone is 5. The lowest BCUT2D eigenvalue weighted by molar-refractivity contribution is -0.142. The minimum atomic E-state index is -0.934. The van der Waals surface area contributed by atoms with Gasteiger partial charge in [0.25, 0.3) is 0 Å². The van der Waals surface area contributed by atoms with E-state index in [-0.39, 0.29) is 12.2 Å². The Kier molecular flexibility index (Phi) is 11.2. The molecule has 0 heterocycles. The topological polar surface area (TPSA) is 81.7 Å². The number of rotatable bonds is 12. The van der Waals surface area contributed by atoms with Crippen LogP contribution in [0.4, 0.5) is 5.69 Å². The normalized spacial score (nSPS) is 12.7. The van der Waals surface area contributed by atoms with Crippen molar-refractivity contribution >= 4 is 34.8 Å². The van der Waals surface area contributed by atoms with Crippen molar-refractivity contribution in [2.24, 2.45) is 5.92 Å². The summed E-state index contributed by atoms with van der Waals surface area (Å²) in [5, 5.41) is 16.2. The van der Waals surface area contributed by atoms with Crippen LogP contribution in [-0.4, -0.2) is 47.5 Å². The van der Waals surface area contributed by atoms with Crippen LogP contribution in [0.5, 0.6) is 0 Å². The lowest BCUT2D eigenvalue weighted by atomic mass is 9.94. The quantitative estimate of drug-likeness (QED) is 0.188. The Balaban J connectivity index is 1.98. The van der Waals surface area contributed by atoms with Crippen molar-refractivity contribution in [1.82, 2.24) is 10.2 Å². The van der Waals surface area contributed by atoms with Gasteiger partial charge in [-0.1, -0.05) is 60.7 Å². The van der Waals surface area contributed by atoms with E-state index in [0.717, 1.165) is 28.1 Å². The van der Waals surface area contributed by atoms with E-state index in [1.165, 1.54) is 0 Å². The lowest BCUT2D eigenvalue weighted by Crippen LogP contribution is -2.26. The second kappa shape index (κ2) is 14.1. The minimum Gasteiger partial charge on any atom is -0.481 e. The molecule has 0 spiro atoms. The third-order valence-electron chi connectivity index (χ3n) is 5.62. The fraction of sp³-hybridized carbons (Fsp3) is 0.276. The predicted molar refractivity (Wildman–Crippen MR) is 152 cm³/mol. The molecular weight excluding hydrogens is 470 g/mol. The summed E-state index contributed by atoms with van der Waals surface area (Å²) in [7, 11) is 3.77. The first-order valence-electron chi connectivity index (χ1n) is 11.8. The number of nitrogens with one attached hydrogen (secondary N) is 2. The first-order chi connectivity index (χ1) is 17.1. The van der Waals surface area contributed by atoms with Crippen molar-refractivity contribution in [3.05, 3.63) is 90.2 Å². The fourth-order valence-electron chi connectivity index (χ4n) is 3.37. The monoisotopic (exact) mass is 505 g/mol. The summed E-state index contributed by atoms with van der Waals surface area (Å²) >= 11 is 5.39. The molecule has 6 nitrogen and oxygen atoms in total. The Labute approximate surface area is 219 Å². The number of anilines is 1. The van der Waals surface area contributed by atoms with Crippen molar-refractivity contribution in [3.63, 3.8) is 0 Å². The highest BCUT2D eigenvalue weighted by Gasteiger charge is 2.22. The van der Waals surface area contributed by atoms with E-state index in [0.29, 0.717) is 23.6 Å². The maximum atomic E-state index is 12.7. The Morgan fingerprint density at radius 3 is 2.14 bits per heavy atom. The van der Waals surface area contributed by atoms with Gasteiger partial charge < -0.3 is 20.6 Å². The molecule has 0 radical (unpaired) electrons. The van der Waals surface area contributed by atoms with Crippen molar-refractivity contribution < 1.29 is 14.7 Å². The van der Waals surface area contributed by atoms with Gasteiger partial charge in [0.1, 0.15) is 0 Å². The molecule has 0 aromatic heterocycles. The molecule has 0 aliphatic carbocycles. The van der Waals surface area contributed by atoms with Crippen LogP contribution in [0, 0.1) is 5.92 Å². The molecule has 2 aromatic rings. The molecule has 2 rings (SSSR count). The molecule has 190 valence electrons. The van der Waals surface area contributed by atoms with Gasteiger partial charge in [-0.15, -0.1) is 0 Å². The number of aliphatic carboxylic acids is 1. The second-order valence-electron chi connectivity index (χ2n) is 8.95. The SMILES string of the molecule is C=C/C(C)=C\C=C(/C)NC(=S)Nc1ccc(-c2ccc(C(=O)CC(CCN(C)C)C(=O)O)cc2)cc1. The number of thiocarbonyl (C=S) groups is 1. The van der Waals surface area contributed by atoms with E-state index in [1.54, 1.807) is 18.2 Å². The van der Waals surface area contributed by atoms with Crippen LogP contribution in [0.25, 0.3) is 11.1 Å². The largest absolute Gasteiger partial charge is 0.481 e. The number of hydrogen-bond acceptors (Lipinski definition) is 4. The molecule has 7 heteroatoms. The molecule has 1 atom stereocenters. The number of ketones is 1. The van der Waals surface area contributed by atoms with Crippen molar-refractivity contribution in [2.75, 3.05) is 26.0 Å². The molecule has 0 amide bonds. The molecule has 1 unspecified atom stereocenters. The van der Waals surface area contributed by atoms with Crippen molar-refractivity contribution in [3.8, 4) is 11.1 Å². The van der Waals surface area contributed by atoms with Crippen LogP contribution < -0.4 is 10.6 Å². The Hall–Kier alpha value is -3.55. The molecule has 0 aliphatic rings. The predicted octanol–water partition coefficient (Wildman–Crippen LogP) is 5.90. The van der Waals surface area contributed by atoms with Gasteiger partial charge in [-0.25, -0.2) is 0 Å². The number of carbonyl (C=O) groups excluding carboxylic acids is 1.